The van der Waals surface area contributed by atoms with Gasteiger partial charge in [0.1, 0.15) is 6.61 Å². The van der Waals surface area contributed by atoms with Gasteiger partial charge in [0.2, 0.25) is 5.91 Å². The summed E-state index contributed by atoms with van der Waals surface area (Å²) in [5.74, 6) is 5.37. The number of ether oxygens (including phenoxy) is 1. The molecule has 0 atom stereocenters. The summed E-state index contributed by atoms with van der Waals surface area (Å²) in [6.45, 7) is 4.36. The molecule has 0 bridgehead atoms. The highest BCUT2D eigenvalue weighted by Crippen LogP contribution is 2.14. The van der Waals surface area contributed by atoms with E-state index in [1.54, 1.807) is 18.2 Å². The molecule has 1 aromatic carbocycles. The van der Waals surface area contributed by atoms with Gasteiger partial charge in [-0.3, -0.25) is 4.79 Å². The van der Waals surface area contributed by atoms with Gasteiger partial charge < -0.3 is 10.1 Å². The van der Waals surface area contributed by atoms with Crippen molar-refractivity contribution in [2.75, 3.05) is 13.2 Å². The minimum atomic E-state index is -0.406. The second kappa shape index (κ2) is 8.98. The lowest BCUT2D eigenvalue weighted by Gasteiger charge is -2.10. The third kappa shape index (κ3) is 5.31. The number of nitrogens with one attached hydrogen (secondary N) is 1. The number of halogens is 1. The summed E-state index contributed by atoms with van der Waals surface area (Å²) in [4.78, 5) is 11.6. The molecule has 0 unspecified atom stereocenters. The number of carbonyl (C=O) groups is 1. The first-order valence-corrected chi connectivity index (χ1v) is 6.79. The highest BCUT2D eigenvalue weighted by atomic mass is 19.1. The van der Waals surface area contributed by atoms with Crippen molar-refractivity contribution in [2.45, 2.75) is 26.7 Å². The Morgan fingerprint density at radius 1 is 1.30 bits per heavy atom. The first-order valence-electron chi connectivity index (χ1n) is 6.79. The lowest BCUT2D eigenvalue weighted by Crippen LogP contribution is -2.30. The van der Waals surface area contributed by atoms with Crippen LogP contribution in [0.2, 0.25) is 0 Å². The number of carbonyl (C=O) groups excluding carboxylic acids is 1. The quantitative estimate of drug-likeness (QED) is 0.812. The maximum Gasteiger partial charge on any atom is 0.223 e. The Kier molecular flexibility index (Phi) is 7.20. The predicted octanol–water partition coefficient (Wildman–Crippen LogP) is 2.76. The Balaban J connectivity index is 2.27. The number of amides is 1. The van der Waals surface area contributed by atoms with Crippen LogP contribution in [0, 0.1) is 23.6 Å². The van der Waals surface area contributed by atoms with Crippen LogP contribution < -0.4 is 10.1 Å². The molecule has 0 saturated carbocycles. The fourth-order valence-corrected chi connectivity index (χ4v) is 1.72. The van der Waals surface area contributed by atoms with E-state index in [0.29, 0.717) is 0 Å². The Labute approximate surface area is 119 Å². The molecule has 0 fully saturated rings. The number of para-hydroxylation sites is 1. The SMILES string of the molecule is CCC(CC)C(=O)NCC#CCOc1ccccc1F. The van der Waals surface area contributed by atoms with Crippen molar-refractivity contribution in [1.82, 2.24) is 5.32 Å². The zero-order chi connectivity index (χ0) is 14.8. The van der Waals surface area contributed by atoms with Crippen LogP contribution in [0.5, 0.6) is 5.75 Å². The van der Waals surface area contributed by atoms with Crippen molar-refractivity contribution >= 4 is 5.91 Å². The number of hydrogen-bond donors (Lipinski definition) is 1. The van der Waals surface area contributed by atoms with Gasteiger partial charge in [0.25, 0.3) is 0 Å². The summed E-state index contributed by atoms with van der Waals surface area (Å²) < 4.78 is 18.4. The molecule has 0 heterocycles. The highest BCUT2D eigenvalue weighted by molar-refractivity contribution is 5.78. The van der Waals surface area contributed by atoms with E-state index in [-0.39, 0.29) is 30.7 Å². The van der Waals surface area contributed by atoms with Crippen LogP contribution in [-0.4, -0.2) is 19.1 Å². The molecule has 0 aliphatic rings. The fourth-order valence-electron chi connectivity index (χ4n) is 1.72. The van der Waals surface area contributed by atoms with Crippen LogP contribution in [0.4, 0.5) is 4.39 Å². The molecule has 1 rings (SSSR count). The molecule has 1 aromatic rings. The van der Waals surface area contributed by atoms with Gasteiger partial charge in [0.15, 0.2) is 11.6 Å². The third-order valence-electron chi connectivity index (χ3n) is 2.97. The fraction of sp³-hybridized carbons (Fsp3) is 0.438. The van der Waals surface area contributed by atoms with Crippen LogP contribution in [0.3, 0.4) is 0 Å². The van der Waals surface area contributed by atoms with Crippen molar-refractivity contribution in [3.63, 3.8) is 0 Å². The van der Waals surface area contributed by atoms with Gasteiger partial charge in [0.05, 0.1) is 6.54 Å². The average molecular weight is 277 g/mol. The van der Waals surface area contributed by atoms with E-state index in [1.807, 2.05) is 13.8 Å². The van der Waals surface area contributed by atoms with Crippen molar-refractivity contribution < 1.29 is 13.9 Å². The third-order valence-corrected chi connectivity index (χ3v) is 2.97. The van der Waals surface area contributed by atoms with Crippen LogP contribution in [-0.2, 0) is 4.79 Å². The van der Waals surface area contributed by atoms with E-state index in [0.717, 1.165) is 12.8 Å². The normalized spacial score (nSPS) is 9.80. The number of rotatable bonds is 6. The van der Waals surface area contributed by atoms with Crippen LogP contribution in [0.25, 0.3) is 0 Å². The molecule has 1 N–H and O–H groups in total. The van der Waals surface area contributed by atoms with Gasteiger partial charge in [-0.2, -0.15) is 0 Å². The van der Waals surface area contributed by atoms with Gasteiger partial charge in [-0.1, -0.05) is 37.8 Å². The minimum absolute atomic E-state index is 0.0272. The van der Waals surface area contributed by atoms with Crippen molar-refractivity contribution in [3.05, 3.63) is 30.1 Å². The lowest BCUT2D eigenvalue weighted by atomic mass is 10.0. The molecule has 20 heavy (non-hydrogen) atoms. The van der Waals surface area contributed by atoms with E-state index >= 15 is 0 Å². The summed E-state index contributed by atoms with van der Waals surface area (Å²) in [5, 5.41) is 2.75. The Bertz CT molecular complexity index is 487. The first-order chi connectivity index (χ1) is 9.69. The van der Waals surface area contributed by atoms with E-state index in [1.165, 1.54) is 6.07 Å². The first kappa shape index (κ1) is 16.0. The molecule has 0 saturated heterocycles. The molecule has 0 aliphatic carbocycles. The number of benzene rings is 1. The number of hydrogen-bond acceptors (Lipinski definition) is 2. The van der Waals surface area contributed by atoms with Crippen LogP contribution in [0.15, 0.2) is 24.3 Å². The zero-order valence-corrected chi connectivity index (χ0v) is 11.9. The van der Waals surface area contributed by atoms with E-state index in [2.05, 4.69) is 17.2 Å². The molecule has 0 spiro atoms. The topological polar surface area (TPSA) is 38.3 Å². The lowest BCUT2D eigenvalue weighted by molar-refractivity contribution is -0.124. The van der Waals surface area contributed by atoms with Gasteiger partial charge in [0, 0.05) is 5.92 Å². The Morgan fingerprint density at radius 3 is 2.65 bits per heavy atom. The second-order valence-corrected chi connectivity index (χ2v) is 4.30. The summed E-state index contributed by atoms with van der Waals surface area (Å²) >= 11 is 0. The summed E-state index contributed by atoms with van der Waals surface area (Å²) in [7, 11) is 0. The van der Waals surface area contributed by atoms with Crippen LogP contribution in [0.1, 0.15) is 26.7 Å². The minimum Gasteiger partial charge on any atom is -0.478 e. The molecule has 1 amide bonds. The summed E-state index contributed by atoms with van der Waals surface area (Å²) in [6.07, 6.45) is 1.65. The van der Waals surface area contributed by atoms with Gasteiger partial charge in [-0.25, -0.2) is 4.39 Å². The van der Waals surface area contributed by atoms with Crippen molar-refractivity contribution in [1.29, 1.82) is 0 Å². The molecule has 108 valence electrons. The maximum absolute atomic E-state index is 13.2. The zero-order valence-electron chi connectivity index (χ0n) is 11.9. The van der Waals surface area contributed by atoms with E-state index in [9.17, 15) is 9.18 Å². The van der Waals surface area contributed by atoms with E-state index in [4.69, 9.17) is 4.74 Å². The van der Waals surface area contributed by atoms with Gasteiger partial charge in [-0.15, -0.1) is 0 Å². The van der Waals surface area contributed by atoms with Gasteiger partial charge >= 0.3 is 0 Å². The predicted molar refractivity (Wildman–Crippen MR) is 76.8 cm³/mol. The van der Waals surface area contributed by atoms with Crippen LogP contribution >= 0.6 is 0 Å². The molecular formula is C16H20FNO2. The Hall–Kier alpha value is -2.02. The van der Waals surface area contributed by atoms with E-state index < -0.39 is 5.82 Å². The Morgan fingerprint density at radius 2 is 2.00 bits per heavy atom. The molecule has 0 radical (unpaired) electrons. The molecule has 4 heteroatoms. The summed E-state index contributed by atoms with van der Waals surface area (Å²) in [6, 6.07) is 6.17. The van der Waals surface area contributed by atoms with Crippen molar-refractivity contribution in [3.8, 4) is 17.6 Å². The molecular weight excluding hydrogens is 257 g/mol. The maximum atomic E-state index is 13.2. The standard InChI is InChI=1S/C16H20FNO2/c1-3-13(4-2)16(19)18-11-7-8-12-20-15-10-6-5-9-14(15)17/h5-6,9-10,13H,3-4,11-12H2,1-2H3,(H,18,19). The molecule has 3 nitrogen and oxygen atoms in total. The summed E-state index contributed by atoms with van der Waals surface area (Å²) in [5.41, 5.74) is 0. The second-order valence-electron chi connectivity index (χ2n) is 4.30. The molecule has 0 aromatic heterocycles. The van der Waals surface area contributed by atoms with Gasteiger partial charge in [-0.05, 0) is 25.0 Å². The smallest absolute Gasteiger partial charge is 0.223 e. The largest absolute Gasteiger partial charge is 0.478 e. The highest BCUT2D eigenvalue weighted by Gasteiger charge is 2.12. The molecule has 0 aliphatic heterocycles. The monoisotopic (exact) mass is 277 g/mol. The van der Waals surface area contributed by atoms with Crippen molar-refractivity contribution in [2.24, 2.45) is 5.92 Å². The average Bonchev–Trinajstić information content (AvgIpc) is 2.45.